The standard InChI is InChI=1S/C72H71N4O.Pt/c1-47-31-36-63(74-66-40-48(2)61(45-73-66)59-27-20-28-62-67(59)72(11,12)38-37-71(62,9)10)60(39-47)50-32-34-55(35-33-50)77-56-24-18-23-54(44-56)75-46-76(65-30-17-16-29-64(65)75)68-57(49-21-14-13-15-22-49)25-19-26-58(68)51-41-52(69(3,4)5)43-53(42-51)70(6,7)8;/h13-34,36,39-43,45-46H,37-38H2,1-12H3,(H,73,74);/q-3;/i1D3,2D3;. The number of fused-ring (bicyclic) bond motifs is 2. The molecule has 2 aliphatic rings. The van der Waals surface area contributed by atoms with Crippen LogP contribution in [0.2, 0.25) is 0 Å². The van der Waals surface area contributed by atoms with Gasteiger partial charge in [0.15, 0.2) is 0 Å². The van der Waals surface area contributed by atoms with Crippen molar-refractivity contribution in [1.82, 2.24) is 4.98 Å². The van der Waals surface area contributed by atoms with Gasteiger partial charge in [0.1, 0.15) is 5.82 Å². The normalized spacial score (nSPS) is 16.0. The number of aryl methyl sites for hydroxylation is 2. The van der Waals surface area contributed by atoms with Gasteiger partial charge in [0.25, 0.3) is 0 Å². The van der Waals surface area contributed by atoms with Crippen LogP contribution in [0.25, 0.3) is 44.5 Å². The Kier molecular flexibility index (Phi) is 12.5. The molecule has 1 aliphatic heterocycles. The molecule has 6 heteroatoms. The third kappa shape index (κ3) is 10.6. The average molecular weight is 1210 g/mol. The third-order valence-electron chi connectivity index (χ3n) is 15.6. The quantitative estimate of drug-likeness (QED) is 0.138. The summed E-state index contributed by atoms with van der Waals surface area (Å²) in [6, 6.07) is 63.5. The number of nitrogens with one attached hydrogen (secondary N) is 1. The molecule has 1 aromatic heterocycles. The van der Waals surface area contributed by atoms with E-state index in [0.29, 0.717) is 39.7 Å². The molecule has 2 heterocycles. The number of hydrogen-bond donors (Lipinski definition) is 1. The van der Waals surface area contributed by atoms with Gasteiger partial charge in [-0.1, -0.05) is 190 Å². The molecular weight excluding hydrogens is 1130 g/mol. The van der Waals surface area contributed by atoms with Crippen LogP contribution in [0.4, 0.5) is 34.3 Å². The number of ether oxygens (including phenoxy) is 1. The molecule has 0 saturated carbocycles. The van der Waals surface area contributed by atoms with Crippen molar-refractivity contribution in [1.29, 1.82) is 0 Å². The Bertz CT molecular complexity index is 3880. The summed E-state index contributed by atoms with van der Waals surface area (Å²) in [5, 5.41) is 3.37. The SMILES string of the molecule is [2H]C([2H])([2H])c1ccc(Nc2cc(C([2H])([2H])[2H])c(-c3cccc4c3C(C)(C)CCC4(C)C)cn2)c(-c2c[c-]c(Oc3[c-]c(N4[CH-]N(c5c(-c6ccccc6)cccc5-c5cc(C(C)(C)C)cc(C(C)(C)C)c5)c5ccccc54)ccc3)cc2)c1.[Pt]. The minimum Gasteiger partial charge on any atom is -0.509 e. The Morgan fingerprint density at radius 2 is 1.26 bits per heavy atom. The minimum atomic E-state index is -2.46. The summed E-state index contributed by atoms with van der Waals surface area (Å²) in [5.41, 5.74) is 16.4. The van der Waals surface area contributed by atoms with Gasteiger partial charge >= 0.3 is 0 Å². The van der Waals surface area contributed by atoms with Gasteiger partial charge in [-0.3, -0.25) is 0 Å². The van der Waals surface area contributed by atoms with Crippen LogP contribution in [0.5, 0.6) is 11.5 Å². The second kappa shape index (κ2) is 20.9. The van der Waals surface area contributed by atoms with Crippen LogP contribution in [-0.4, -0.2) is 4.98 Å². The molecule has 0 amide bonds. The van der Waals surface area contributed by atoms with E-state index >= 15 is 0 Å². The van der Waals surface area contributed by atoms with Gasteiger partial charge in [-0.05, 0) is 117 Å². The molecule has 78 heavy (non-hydrogen) atoms. The number of benzene rings is 8. The maximum absolute atomic E-state index is 8.75. The molecule has 1 N–H and O–H groups in total. The van der Waals surface area contributed by atoms with Gasteiger partial charge in [0.2, 0.25) is 0 Å². The predicted molar refractivity (Wildman–Crippen MR) is 324 cm³/mol. The van der Waals surface area contributed by atoms with Crippen molar-refractivity contribution < 1.29 is 34.0 Å². The van der Waals surface area contributed by atoms with E-state index in [1.807, 2.05) is 36.4 Å². The molecule has 0 bridgehead atoms. The minimum absolute atomic E-state index is 0. The first kappa shape index (κ1) is 46.9. The fraction of sp³-hybridized carbons (Fsp3) is 0.250. The summed E-state index contributed by atoms with van der Waals surface area (Å²) < 4.78 is 57.7. The average Bonchev–Trinajstić information content (AvgIpc) is 2.62. The monoisotopic (exact) mass is 1210 g/mol. The molecule has 0 saturated heterocycles. The van der Waals surface area contributed by atoms with E-state index in [9.17, 15) is 0 Å². The first-order valence-electron chi connectivity index (χ1n) is 29.8. The Morgan fingerprint density at radius 1 is 0.590 bits per heavy atom. The summed E-state index contributed by atoms with van der Waals surface area (Å²) in [7, 11) is 0. The number of nitrogens with zero attached hydrogens (tertiary/aromatic N) is 3. The van der Waals surface area contributed by atoms with E-state index < -0.39 is 13.7 Å². The van der Waals surface area contributed by atoms with E-state index in [1.165, 1.54) is 16.7 Å². The third-order valence-corrected chi connectivity index (χ3v) is 15.6. The molecule has 398 valence electrons. The zero-order valence-corrected chi connectivity index (χ0v) is 48.6. The van der Waals surface area contributed by atoms with Crippen LogP contribution < -0.4 is 19.9 Å². The van der Waals surface area contributed by atoms with Crippen molar-refractivity contribution in [3.8, 4) is 56.0 Å². The zero-order chi connectivity index (χ0) is 59.0. The Balaban J connectivity index is 0.00000786. The number of pyridine rings is 1. The fourth-order valence-corrected chi connectivity index (χ4v) is 11.1. The first-order valence-corrected chi connectivity index (χ1v) is 26.8. The molecule has 1 aliphatic carbocycles. The second-order valence-electron chi connectivity index (χ2n) is 24.2. The van der Waals surface area contributed by atoms with Gasteiger partial charge in [0, 0.05) is 86.4 Å². The molecule has 9 aromatic rings. The smallest absolute Gasteiger partial charge is 0.130 e. The Morgan fingerprint density at radius 3 is 1.95 bits per heavy atom. The molecule has 0 unspecified atom stereocenters. The van der Waals surface area contributed by atoms with Crippen molar-refractivity contribution in [2.75, 3.05) is 15.1 Å². The number of rotatable bonds is 10. The number of aromatic nitrogens is 1. The summed E-state index contributed by atoms with van der Waals surface area (Å²) in [6.45, 7) is 19.9. The first-order chi connectivity index (χ1) is 39.1. The zero-order valence-electron chi connectivity index (χ0n) is 52.3. The summed E-state index contributed by atoms with van der Waals surface area (Å²) in [6.07, 6.45) is 3.66. The van der Waals surface area contributed by atoms with Crippen molar-refractivity contribution >= 4 is 34.3 Å². The van der Waals surface area contributed by atoms with Gasteiger partial charge < -0.3 is 19.9 Å². The maximum Gasteiger partial charge on any atom is 0.130 e. The predicted octanol–water partition coefficient (Wildman–Crippen LogP) is 19.9. The van der Waals surface area contributed by atoms with Crippen LogP contribution in [-0.2, 0) is 42.7 Å². The summed E-state index contributed by atoms with van der Waals surface area (Å²) in [4.78, 5) is 9.29. The van der Waals surface area contributed by atoms with Crippen molar-refractivity contribution in [3.63, 3.8) is 0 Å². The van der Waals surface area contributed by atoms with Crippen molar-refractivity contribution in [2.24, 2.45) is 0 Å². The molecule has 0 spiro atoms. The molecule has 5 nitrogen and oxygen atoms in total. The van der Waals surface area contributed by atoms with Crippen molar-refractivity contribution in [3.05, 3.63) is 228 Å². The van der Waals surface area contributed by atoms with E-state index in [2.05, 4.69) is 200 Å². The van der Waals surface area contributed by atoms with Gasteiger partial charge in [-0.2, -0.15) is 18.2 Å². The molecular formula is C72H71N4OPt-3. The summed E-state index contributed by atoms with van der Waals surface area (Å²) in [5.74, 6) is 1.22. The molecule has 8 aromatic carbocycles. The second-order valence-corrected chi connectivity index (χ2v) is 24.2. The Labute approximate surface area is 487 Å². The van der Waals surface area contributed by atoms with Crippen molar-refractivity contribution in [2.45, 2.75) is 117 Å². The molecule has 11 rings (SSSR count). The fourth-order valence-electron chi connectivity index (χ4n) is 11.1. The van der Waals surface area contributed by atoms with Crippen LogP contribution in [0.15, 0.2) is 176 Å². The largest absolute Gasteiger partial charge is 0.509 e. The molecule has 0 atom stereocenters. The van der Waals surface area contributed by atoms with Crippen LogP contribution >= 0.6 is 0 Å². The number of anilines is 6. The topological polar surface area (TPSA) is 40.6 Å². The van der Waals surface area contributed by atoms with Gasteiger partial charge in [-0.25, -0.2) is 4.98 Å². The summed E-state index contributed by atoms with van der Waals surface area (Å²) >= 11 is 0. The van der Waals surface area contributed by atoms with Gasteiger partial charge in [0.05, 0.1) is 0 Å². The van der Waals surface area contributed by atoms with Gasteiger partial charge in [-0.15, -0.1) is 48.3 Å². The van der Waals surface area contributed by atoms with E-state index in [4.69, 9.17) is 17.9 Å². The van der Waals surface area contributed by atoms with E-state index in [0.717, 1.165) is 69.0 Å². The maximum atomic E-state index is 8.75. The van der Waals surface area contributed by atoms with E-state index in [-0.39, 0.29) is 53.9 Å². The van der Waals surface area contributed by atoms with E-state index in [1.54, 1.807) is 42.6 Å². The van der Waals surface area contributed by atoms with Crippen LogP contribution in [0.1, 0.15) is 124 Å². The number of para-hydroxylation sites is 3. The molecule has 0 fully saturated rings. The van der Waals surface area contributed by atoms with Crippen LogP contribution in [0.3, 0.4) is 0 Å². The van der Waals surface area contributed by atoms with Crippen LogP contribution in [0, 0.1) is 32.5 Å². The Hall–Kier alpha value is -7.20. The molecule has 0 radical (unpaired) electrons. The number of hydrogen-bond acceptors (Lipinski definition) is 5.